The third-order valence-corrected chi connectivity index (χ3v) is 5.47. The zero-order valence-electron chi connectivity index (χ0n) is 17.8. The van der Waals surface area contributed by atoms with Crippen LogP contribution in [0.15, 0.2) is 67.4 Å². The lowest BCUT2D eigenvalue weighted by Crippen LogP contribution is -2.27. The first-order chi connectivity index (χ1) is 16.0. The van der Waals surface area contributed by atoms with E-state index in [4.69, 9.17) is 11.6 Å². The van der Waals surface area contributed by atoms with Crippen LogP contribution in [0.25, 0.3) is 28.3 Å². The number of aryl methyl sites for hydroxylation is 1. The highest BCUT2D eigenvalue weighted by atomic mass is 35.5. The molecule has 1 amide bonds. The largest absolute Gasteiger partial charge is 0.344 e. The number of carbonyl (C=O) groups is 1. The van der Waals surface area contributed by atoms with Gasteiger partial charge in [0, 0.05) is 30.0 Å². The van der Waals surface area contributed by atoms with Crippen molar-refractivity contribution in [1.82, 2.24) is 39.7 Å². The normalized spacial score (nSPS) is 12.1. The van der Waals surface area contributed by atoms with E-state index in [2.05, 4.69) is 30.5 Å². The van der Waals surface area contributed by atoms with E-state index in [1.165, 1.54) is 6.33 Å². The molecule has 33 heavy (non-hydrogen) atoms. The molecule has 0 bridgehead atoms. The summed E-state index contributed by atoms with van der Waals surface area (Å²) in [5.41, 5.74) is 4.02. The molecule has 1 aromatic carbocycles. The van der Waals surface area contributed by atoms with Crippen molar-refractivity contribution in [3.05, 3.63) is 83.7 Å². The summed E-state index contributed by atoms with van der Waals surface area (Å²) < 4.78 is 3.33. The Labute approximate surface area is 194 Å². The lowest BCUT2D eigenvalue weighted by Gasteiger charge is -2.15. The molecular formula is C23H19ClN8O. The number of hydrogen-bond donors (Lipinski definition) is 1. The van der Waals surface area contributed by atoms with Crippen molar-refractivity contribution in [3.8, 4) is 22.6 Å². The first-order valence-electron chi connectivity index (χ1n) is 10.2. The monoisotopic (exact) mass is 458 g/mol. The van der Waals surface area contributed by atoms with E-state index >= 15 is 0 Å². The molecule has 4 aromatic heterocycles. The van der Waals surface area contributed by atoms with Crippen LogP contribution in [0.4, 0.5) is 0 Å². The van der Waals surface area contributed by atoms with E-state index in [1.807, 2.05) is 44.4 Å². The molecule has 1 atom stereocenters. The fourth-order valence-electron chi connectivity index (χ4n) is 3.45. The van der Waals surface area contributed by atoms with Crippen LogP contribution in [-0.2, 0) is 7.05 Å². The minimum atomic E-state index is -0.313. The first kappa shape index (κ1) is 20.8. The Balaban J connectivity index is 1.49. The van der Waals surface area contributed by atoms with Crippen LogP contribution in [-0.4, -0.2) is 40.3 Å². The summed E-state index contributed by atoms with van der Waals surface area (Å²) in [5.74, 6) is 0.102. The molecule has 164 valence electrons. The van der Waals surface area contributed by atoms with Crippen molar-refractivity contribution >= 4 is 23.2 Å². The quantitative estimate of drug-likeness (QED) is 0.430. The maximum atomic E-state index is 13.2. The van der Waals surface area contributed by atoms with Gasteiger partial charge in [0.05, 0.1) is 23.5 Å². The van der Waals surface area contributed by atoms with Gasteiger partial charge < -0.3 is 5.32 Å². The highest BCUT2D eigenvalue weighted by Crippen LogP contribution is 2.24. The van der Waals surface area contributed by atoms with E-state index in [-0.39, 0.29) is 17.6 Å². The molecule has 0 fully saturated rings. The summed E-state index contributed by atoms with van der Waals surface area (Å²) in [6.07, 6.45) is 6.77. The molecule has 10 heteroatoms. The fourth-order valence-corrected chi connectivity index (χ4v) is 3.58. The number of pyridine rings is 1. The molecule has 0 aliphatic heterocycles. The smallest absolute Gasteiger partial charge is 0.270 e. The highest BCUT2D eigenvalue weighted by molar-refractivity contribution is 6.30. The van der Waals surface area contributed by atoms with Crippen molar-refractivity contribution in [2.24, 2.45) is 7.05 Å². The van der Waals surface area contributed by atoms with Crippen LogP contribution in [0.3, 0.4) is 0 Å². The summed E-state index contributed by atoms with van der Waals surface area (Å²) in [4.78, 5) is 26.6. The minimum absolute atomic E-state index is 0.254. The lowest BCUT2D eigenvalue weighted by molar-refractivity contribution is 0.0935. The molecule has 0 spiro atoms. The van der Waals surface area contributed by atoms with Crippen LogP contribution in [0.1, 0.15) is 29.0 Å². The number of nitrogens with zero attached hydrogens (tertiary/aromatic N) is 7. The van der Waals surface area contributed by atoms with Crippen molar-refractivity contribution in [1.29, 1.82) is 0 Å². The van der Waals surface area contributed by atoms with Gasteiger partial charge in [-0.3, -0.25) is 9.48 Å². The van der Waals surface area contributed by atoms with Crippen LogP contribution in [0, 0.1) is 0 Å². The second-order valence-electron chi connectivity index (χ2n) is 7.59. The SMILES string of the molecule is CC(NC(=O)c1cc(-c2ccc(Cl)cc2)nc(-c2cnn(C)c2)n1)c1ccn2ncnc2c1. The van der Waals surface area contributed by atoms with Crippen molar-refractivity contribution in [3.63, 3.8) is 0 Å². The molecule has 1 N–H and O–H groups in total. The van der Waals surface area contributed by atoms with Gasteiger partial charge in [-0.15, -0.1) is 0 Å². The Morgan fingerprint density at radius 1 is 1.06 bits per heavy atom. The van der Waals surface area contributed by atoms with Crippen LogP contribution >= 0.6 is 11.6 Å². The molecule has 5 rings (SSSR count). The zero-order valence-corrected chi connectivity index (χ0v) is 18.6. The molecule has 5 aromatic rings. The number of carbonyl (C=O) groups excluding carboxylic acids is 1. The van der Waals surface area contributed by atoms with Crippen LogP contribution in [0.5, 0.6) is 0 Å². The summed E-state index contributed by atoms with van der Waals surface area (Å²) in [7, 11) is 1.81. The highest BCUT2D eigenvalue weighted by Gasteiger charge is 2.18. The molecule has 9 nitrogen and oxygen atoms in total. The average Bonchev–Trinajstić information content (AvgIpc) is 3.47. The predicted octanol–water partition coefficient (Wildman–Crippen LogP) is 3.73. The van der Waals surface area contributed by atoms with Gasteiger partial charge in [0.25, 0.3) is 5.91 Å². The third-order valence-electron chi connectivity index (χ3n) is 5.21. The molecule has 0 saturated carbocycles. The van der Waals surface area contributed by atoms with Gasteiger partial charge in [-0.2, -0.15) is 10.2 Å². The topological polar surface area (TPSA) is 103 Å². The molecule has 0 aliphatic rings. The summed E-state index contributed by atoms with van der Waals surface area (Å²) in [5, 5.41) is 11.9. The molecule has 1 unspecified atom stereocenters. The Morgan fingerprint density at radius 2 is 1.88 bits per heavy atom. The van der Waals surface area contributed by atoms with Gasteiger partial charge >= 0.3 is 0 Å². The summed E-state index contributed by atoms with van der Waals surface area (Å²) >= 11 is 6.04. The minimum Gasteiger partial charge on any atom is -0.344 e. The Morgan fingerprint density at radius 3 is 2.64 bits per heavy atom. The van der Waals surface area contributed by atoms with Gasteiger partial charge in [-0.1, -0.05) is 23.7 Å². The molecule has 0 radical (unpaired) electrons. The van der Waals surface area contributed by atoms with E-state index in [9.17, 15) is 4.79 Å². The number of hydrogen-bond acceptors (Lipinski definition) is 6. The van der Waals surface area contributed by atoms with E-state index in [0.717, 1.165) is 11.1 Å². The summed E-state index contributed by atoms with van der Waals surface area (Å²) in [6.45, 7) is 1.91. The van der Waals surface area contributed by atoms with Gasteiger partial charge in [-0.25, -0.2) is 19.5 Å². The van der Waals surface area contributed by atoms with Crippen LogP contribution < -0.4 is 5.32 Å². The van der Waals surface area contributed by atoms with E-state index in [1.54, 1.807) is 39.8 Å². The summed E-state index contributed by atoms with van der Waals surface area (Å²) in [6, 6.07) is 12.5. The van der Waals surface area contributed by atoms with E-state index in [0.29, 0.717) is 27.8 Å². The first-order valence-corrected chi connectivity index (χ1v) is 10.6. The zero-order chi connectivity index (χ0) is 22.9. The Bertz CT molecular complexity index is 1460. The van der Waals surface area contributed by atoms with Gasteiger partial charge in [0.2, 0.25) is 0 Å². The number of rotatable bonds is 5. The molecular weight excluding hydrogens is 440 g/mol. The number of nitrogens with one attached hydrogen (secondary N) is 1. The lowest BCUT2D eigenvalue weighted by atomic mass is 10.1. The van der Waals surface area contributed by atoms with E-state index < -0.39 is 0 Å². The van der Waals surface area contributed by atoms with Crippen molar-refractivity contribution < 1.29 is 4.79 Å². The standard InChI is InChI=1S/C23H19ClN8O/c1-14(16-7-8-32-21(9-16)25-13-27-32)28-23(33)20-10-19(15-3-5-18(24)6-4-15)29-22(30-20)17-11-26-31(2)12-17/h3-14H,1-2H3,(H,28,33). The predicted molar refractivity (Wildman–Crippen MR) is 124 cm³/mol. The van der Waals surface area contributed by atoms with Crippen molar-refractivity contribution in [2.45, 2.75) is 13.0 Å². The van der Waals surface area contributed by atoms with Crippen molar-refractivity contribution in [2.75, 3.05) is 0 Å². The Hall–Kier alpha value is -4.11. The van der Waals surface area contributed by atoms with Crippen LogP contribution in [0.2, 0.25) is 5.02 Å². The number of halogens is 1. The van der Waals surface area contributed by atoms with Gasteiger partial charge in [0.1, 0.15) is 12.0 Å². The molecule has 4 heterocycles. The Kier molecular flexibility index (Phi) is 5.31. The number of fused-ring (bicyclic) bond motifs is 1. The van der Waals surface area contributed by atoms with Gasteiger partial charge in [-0.05, 0) is 42.8 Å². The molecule has 0 saturated heterocycles. The second-order valence-corrected chi connectivity index (χ2v) is 8.03. The average molecular weight is 459 g/mol. The second kappa shape index (κ2) is 8.44. The maximum Gasteiger partial charge on any atom is 0.270 e. The fraction of sp³-hybridized carbons (Fsp3) is 0.130. The number of benzene rings is 1. The van der Waals surface area contributed by atoms with Gasteiger partial charge in [0.15, 0.2) is 11.5 Å². The number of amides is 1. The maximum absolute atomic E-state index is 13.2. The molecule has 0 aliphatic carbocycles. The third kappa shape index (κ3) is 4.31. The number of aromatic nitrogens is 7.